The second-order valence-corrected chi connectivity index (χ2v) is 4.73. The molecule has 1 aromatic carbocycles. The number of anilines is 3. The number of fused-ring (bicyclic) bond motifs is 1. The van der Waals surface area contributed by atoms with Gasteiger partial charge in [-0.2, -0.15) is 5.10 Å². The summed E-state index contributed by atoms with van der Waals surface area (Å²) in [4.78, 5) is 3.85. The van der Waals surface area contributed by atoms with E-state index >= 15 is 0 Å². The van der Waals surface area contributed by atoms with Gasteiger partial charge in [-0.25, -0.2) is 13.8 Å². The van der Waals surface area contributed by atoms with Crippen LogP contribution < -0.4 is 11.1 Å². The lowest BCUT2D eigenvalue weighted by atomic mass is 10.1. The number of nitrogens with one attached hydrogen (secondary N) is 2. The molecule has 0 amide bonds. The Morgan fingerprint density at radius 1 is 1.29 bits per heavy atom. The van der Waals surface area contributed by atoms with E-state index in [1.54, 1.807) is 6.20 Å². The summed E-state index contributed by atoms with van der Waals surface area (Å²) in [5.41, 5.74) is 8.41. The van der Waals surface area contributed by atoms with E-state index in [0.717, 1.165) is 16.5 Å². The number of alkyl halides is 2. The van der Waals surface area contributed by atoms with Crippen LogP contribution in [0.1, 0.15) is 17.7 Å². The van der Waals surface area contributed by atoms with Gasteiger partial charge in [-0.3, -0.25) is 5.10 Å². The number of hydrogen-bond donors (Lipinski definition) is 3. The Balaban J connectivity index is 1.99. The largest absolute Gasteiger partial charge is 0.396 e. The van der Waals surface area contributed by atoms with Gasteiger partial charge in [-0.15, -0.1) is 0 Å². The monoisotopic (exact) mass is 289 g/mol. The third-order valence-electron chi connectivity index (χ3n) is 3.18. The molecule has 0 saturated carbocycles. The van der Waals surface area contributed by atoms with E-state index in [2.05, 4.69) is 20.5 Å². The molecule has 2 aromatic heterocycles. The van der Waals surface area contributed by atoms with Gasteiger partial charge in [0.15, 0.2) is 5.82 Å². The van der Waals surface area contributed by atoms with Gasteiger partial charge in [0.25, 0.3) is 6.43 Å². The second-order valence-electron chi connectivity index (χ2n) is 4.73. The Kier molecular flexibility index (Phi) is 3.17. The van der Waals surface area contributed by atoms with Crippen LogP contribution in [0.5, 0.6) is 0 Å². The Morgan fingerprint density at radius 2 is 2.10 bits per heavy atom. The van der Waals surface area contributed by atoms with Crippen molar-refractivity contribution < 1.29 is 8.78 Å². The Morgan fingerprint density at radius 3 is 2.86 bits per heavy atom. The van der Waals surface area contributed by atoms with Crippen molar-refractivity contribution >= 4 is 28.1 Å². The number of aromatic nitrogens is 3. The maximum atomic E-state index is 12.7. The maximum Gasteiger partial charge on any atom is 0.280 e. The molecule has 3 aromatic rings. The van der Waals surface area contributed by atoms with E-state index in [9.17, 15) is 8.78 Å². The molecular weight excluding hydrogens is 276 g/mol. The number of halogens is 2. The first kappa shape index (κ1) is 13.3. The lowest BCUT2D eigenvalue weighted by Crippen LogP contribution is -2.02. The van der Waals surface area contributed by atoms with Crippen LogP contribution in [0.15, 0.2) is 30.5 Å². The number of aryl methyl sites for hydroxylation is 1. The number of aromatic amines is 1. The van der Waals surface area contributed by atoms with Crippen LogP contribution in [0.25, 0.3) is 10.9 Å². The van der Waals surface area contributed by atoms with Crippen LogP contribution in [0.2, 0.25) is 0 Å². The zero-order valence-corrected chi connectivity index (χ0v) is 11.2. The minimum absolute atomic E-state index is 0.218. The highest BCUT2D eigenvalue weighted by atomic mass is 19.3. The summed E-state index contributed by atoms with van der Waals surface area (Å²) in [5.74, 6) is 0.218. The van der Waals surface area contributed by atoms with Crippen molar-refractivity contribution in [2.24, 2.45) is 0 Å². The Hall–Kier alpha value is -2.70. The third kappa shape index (κ3) is 2.49. The minimum atomic E-state index is -2.63. The third-order valence-corrected chi connectivity index (χ3v) is 3.18. The van der Waals surface area contributed by atoms with Gasteiger partial charge in [0.2, 0.25) is 0 Å². The average Bonchev–Trinajstić information content (AvgIpc) is 2.90. The summed E-state index contributed by atoms with van der Waals surface area (Å²) in [6.45, 7) is 1.93. The highest BCUT2D eigenvalue weighted by molar-refractivity contribution is 5.86. The van der Waals surface area contributed by atoms with Crippen LogP contribution in [0, 0.1) is 6.92 Å². The van der Waals surface area contributed by atoms with Crippen molar-refractivity contribution in [3.63, 3.8) is 0 Å². The fourth-order valence-electron chi connectivity index (χ4n) is 2.15. The lowest BCUT2D eigenvalue weighted by Gasteiger charge is -2.11. The quantitative estimate of drug-likeness (QED) is 0.689. The zero-order chi connectivity index (χ0) is 15.0. The van der Waals surface area contributed by atoms with E-state index in [-0.39, 0.29) is 11.5 Å². The Labute approximate surface area is 119 Å². The van der Waals surface area contributed by atoms with Crippen LogP contribution in [-0.2, 0) is 0 Å². The first-order valence-electron chi connectivity index (χ1n) is 6.30. The van der Waals surface area contributed by atoms with Crippen molar-refractivity contribution in [2.45, 2.75) is 13.3 Å². The zero-order valence-electron chi connectivity index (χ0n) is 11.2. The normalized spacial score (nSPS) is 11.2. The summed E-state index contributed by atoms with van der Waals surface area (Å²) in [6, 6.07) is 6.36. The smallest absolute Gasteiger partial charge is 0.280 e. The average molecular weight is 289 g/mol. The van der Waals surface area contributed by atoms with Crippen LogP contribution in [-0.4, -0.2) is 15.2 Å². The first-order valence-corrected chi connectivity index (χ1v) is 6.30. The predicted octanol–water partition coefficient (Wildman–Crippen LogP) is 3.53. The van der Waals surface area contributed by atoms with Gasteiger partial charge >= 0.3 is 0 Å². The number of hydrogen-bond acceptors (Lipinski definition) is 4. The number of H-pyrrole nitrogens is 1. The van der Waals surface area contributed by atoms with E-state index in [0.29, 0.717) is 11.4 Å². The number of pyridine rings is 1. The molecule has 0 unspecified atom stereocenters. The van der Waals surface area contributed by atoms with Crippen molar-refractivity contribution in [3.05, 3.63) is 41.7 Å². The molecule has 0 spiro atoms. The van der Waals surface area contributed by atoms with E-state index in [1.165, 1.54) is 12.1 Å². The molecule has 0 aliphatic rings. The molecule has 0 radical (unpaired) electrons. The van der Waals surface area contributed by atoms with Crippen LogP contribution >= 0.6 is 0 Å². The SMILES string of the molecule is Cc1cc(Nc2nc(C(F)F)ccc2N)cc2cn[nH]c12. The minimum Gasteiger partial charge on any atom is -0.396 e. The number of nitrogen functional groups attached to an aromatic ring is 1. The molecular formula is C14H13F2N5. The van der Waals surface area contributed by atoms with Gasteiger partial charge in [0.1, 0.15) is 5.69 Å². The predicted molar refractivity (Wildman–Crippen MR) is 77.7 cm³/mol. The van der Waals surface area contributed by atoms with Gasteiger partial charge in [0.05, 0.1) is 17.4 Å². The molecule has 0 bridgehead atoms. The molecule has 7 heteroatoms. The number of rotatable bonds is 3. The molecule has 21 heavy (non-hydrogen) atoms. The molecule has 4 N–H and O–H groups in total. The van der Waals surface area contributed by atoms with E-state index < -0.39 is 6.43 Å². The number of benzene rings is 1. The number of nitrogens with two attached hydrogens (primary N) is 1. The maximum absolute atomic E-state index is 12.7. The number of nitrogens with zero attached hydrogens (tertiary/aromatic N) is 2. The fourth-order valence-corrected chi connectivity index (χ4v) is 2.15. The summed E-state index contributed by atoms with van der Waals surface area (Å²) >= 11 is 0. The molecule has 5 nitrogen and oxygen atoms in total. The molecule has 0 fully saturated rings. The van der Waals surface area contributed by atoms with Gasteiger partial charge in [0, 0.05) is 11.1 Å². The summed E-state index contributed by atoms with van der Waals surface area (Å²) in [6.07, 6.45) is -0.941. The molecule has 2 heterocycles. The van der Waals surface area contributed by atoms with Gasteiger partial charge in [-0.1, -0.05) is 0 Å². The molecule has 108 valence electrons. The summed E-state index contributed by atoms with van der Waals surface area (Å²) in [5, 5.41) is 10.8. The highest BCUT2D eigenvalue weighted by Gasteiger charge is 2.12. The standard InChI is InChI=1S/C14H13F2N5/c1-7-4-9(5-8-6-18-21-12(7)8)19-14-10(17)2-3-11(20-14)13(15)16/h2-6,13H,17H2,1H3,(H,18,21)(H,19,20). The summed E-state index contributed by atoms with van der Waals surface area (Å²) < 4.78 is 25.4. The molecule has 0 aliphatic heterocycles. The van der Waals surface area contributed by atoms with Gasteiger partial charge in [-0.05, 0) is 36.8 Å². The van der Waals surface area contributed by atoms with Crippen LogP contribution in [0.3, 0.4) is 0 Å². The Bertz CT molecular complexity index is 797. The molecule has 0 atom stereocenters. The van der Waals surface area contributed by atoms with Crippen molar-refractivity contribution in [3.8, 4) is 0 Å². The van der Waals surface area contributed by atoms with Crippen molar-refractivity contribution in [1.29, 1.82) is 0 Å². The topological polar surface area (TPSA) is 79.6 Å². The van der Waals surface area contributed by atoms with Crippen molar-refractivity contribution in [1.82, 2.24) is 15.2 Å². The van der Waals surface area contributed by atoms with Gasteiger partial charge < -0.3 is 11.1 Å². The lowest BCUT2D eigenvalue weighted by molar-refractivity contribution is 0.146. The molecule has 0 saturated heterocycles. The van der Waals surface area contributed by atoms with E-state index in [4.69, 9.17) is 5.73 Å². The highest BCUT2D eigenvalue weighted by Crippen LogP contribution is 2.28. The molecule has 0 aliphatic carbocycles. The first-order chi connectivity index (χ1) is 10.0. The van der Waals surface area contributed by atoms with E-state index in [1.807, 2.05) is 19.1 Å². The van der Waals surface area contributed by atoms with Crippen LogP contribution in [0.4, 0.5) is 26.0 Å². The fraction of sp³-hybridized carbons (Fsp3) is 0.143. The summed E-state index contributed by atoms with van der Waals surface area (Å²) in [7, 11) is 0. The van der Waals surface area contributed by atoms with Crippen molar-refractivity contribution in [2.75, 3.05) is 11.1 Å². The second kappa shape index (κ2) is 5.01. The molecule has 3 rings (SSSR count).